The first-order valence-corrected chi connectivity index (χ1v) is 8.06. The van der Waals surface area contributed by atoms with Gasteiger partial charge in [0.05, 0.1) is 0 Å². The van der Waals surface area contributed by atoms with Gasteiger partial charge in [0.1, 0.15) is 11.5 Å². The molecular formula is C20H20O2. The van der Waals surface area contributed by atoms with Crippen LogP contribution in [0.4, 0.5) is 0 Å². The van der Waals surface area contributed by atoms with Crippen molar-refractivity contribution < 1.29 is 9.90 Å². The highest BCUT2D eigenvalue weighted by Gasteiger charge is 2.28. The lowest BCUT2D eigenvalue weighted by atomic mass is 9.76. The number of hydrogen-bond acceptors (Lipinski definition) is 2. The van der Waals surface area contributed by atoms with Gasteiger partial charge in [-0.1, -0.05) is 30.3 Å². The molecule has 112 valence electrons. The van der Waals surface area contributed by atoms with E-state index in [1.165, 1.54) is 22.3 Å². The summed E-state index contributed by atoms with van der Waals surface area (Å²) in [5.41, 5.74) is 7.27. The third-order valence-electron chi connectivity index (χ3n) is 5.35. The van der Waals surface area contributed by atoms with Crippen molar-refractivity contribution in [3.05, 3.63) is 63.7 Å². The number of ketones is 1. The lowest BCUT2D eigenvalue weighted by Crippen LogP contribution is -2.22. The van der Waals surface area contributed by atoms with Crippen LogP contribution < -0.4 is 0 Å². The predicted molar refractivity (Wildman–Crippen MR) is 86.4 cm³/mol. The van der Waals surface area contributed by atoms with Crippen molar-refractivity contribution >= 4 is 5.78 Å². The van der Waals surface area contributed by atoms with Gasteiger partial charge in [0.2, 0.25) is 0 Å². The van der Waals surface area contributed by atoms with Gasteiger partial charge >= 0.3 is 0 Å². The van der Waals surface area contributed by atoms with Gasteiger partial charge in [0.25, 0.3) is 0 Å². The molecule has 0 bridgehead atoms. The van der Waals surface area contributed by atoms with E-state index in [0.717, 1.165) is 36.8 Å². The largest absolute Gasteiger partial charge is 0.507 e. The lowest BCUT2D eigenvalue weighted by Gasteiger charge is -2.28. The minimum absolute atomic E-state index is 0.0762. The molecule has 0 aromatic heterocycles. The first-order chi connectivity index (χ1) is 10.6. The lowest BCUT2D eigenvalue weighted by molar-refractivity contribution is -0.121. The third kappa shape index (κ3) is 2.06. The summed E-state index contributed by atoms with van der Waals surface area (Å²) in [4.78, 5) is 11.7. The number of carbonyl (C=O) groups is 1. The van der Waals surface area contributed by atoms with Crippen LogP contribution in [0.15, 0.2) is 30.3 Å². The Labute approximate surface area is 130 Å². The molecule has 0 amide bonds. The van der Waals surface area contributed by atoms with Crippen LogP contribution in [-0.2, 0) is 30.5 Å². The van der Waals surface area contributed by atoms with Gasteiger partial charge in [0.15, 0.2) is 0 Å². The zero-order chi connectivity index (χ0) is 15.3. The molecule has 0 saturated heterocycles. The first-order valence-electron chi connectivity index (χ1n) is 8.06. The van der Waals surface area contributed by atoms with Crippen LogP contribution in [0.1, 0.15) is 46.7 Å². The number of hydrogen-bond donors (Lipinski definition) is 1. The van der Waals surface area contributed by atoms with Crippen LogP contribution >= 0.6 is 0 Å². The predicted octanol–water partition coefficient (Wildman–Crippen LogP) is 3.58. The number of aryl methyl sites for hydroxylation is 1. The molecule has 0 aliphatic heterocycles. The highest BCUT2D eigenvalue weighted by Crippen LogP contribution is 2.40. The second-order valence-corrected chi connectivity index (χ2v) is 6.67. The summed E-state index contributed by atoms with van der Waals surface area (Å²) in [7, 11) is 0. The van der Waals surface area contributed by atoms with Crippen LogP contribution in [0.3, 0.4) is 0 Å². The molecule has 2 heteroatoms. The molecule has 0 spiro atoms. The number of fused-ring (bicyclic) bond motifs is 3. The number of carbonyl (C=O) groups excluding carboxylic acids is 1. The number of Topliss-reactive ketones (excluding diaryl/α,β-unsaturated/α-hetero) is 1. The van der Waals surface area contributed by atoms with Gasteiger partial charge in [-0.2, -0.15) is 0 Å². The van der Waals surface area contributed by atoms with Crippen LogP contribution in [-0.4, -0.2) is 10.9 Å². The summed E-state index contributed by atoms with van der Waals surface area (Å²) in [6.07, 6.45) is 4.22. The molecule has 1 unspecified atom stereocenters. The van der Waals surface area contributed by atoms with E-state index in [-0.39, 0.29) is 11.7 Å². The van der Waals surface area contributed by atoms with Crippen molar-refractivity contribution in [1.82, 2.24) is 0 Å². The first kappa shape index (κ1) is 13.6. The van der Waals surface area contributed by atoms with Crippen LogP contribution in [0.5, 0.6) is 5.75 Å². The Bertz CT molecular complexity index is 774. The van der Waals surface area contributed by atoms with E-state index < -0.39 is 0 Å². The fourth-order valence-electron chi connectivity index (χ4n) is 4.00. The zero-order valence-corrected chi connectivity index (χ0v) is 12.9. The van der Waals surface area contributed by atoms with Gasteiger partial charge < -0.3 is 5.11 Å². The highest BCUT2D eigenvalue weighted by molar-refractivity contribution is 5.79. The maximum atomic E-state index is 11.7. The molecule has 2 aromatic carbocycles. The Hall–Kier alpha value is -2.09. The van der Waals surface area contributed by atoms with Crippen LogP contribution in [0.2, 0.25) is 0 Å². The highest BCUT2D eigenvalue weighted by atomic mass is 16.3. The minimum atomic E-state index is 0.0762. The number of phenolic OH excluding ortho intramolecular Hbond substituents is 1. The molecule has 0 heterocycles. The summed E-state index contributed by atoms with van der Waals surface area (Å²) in [6, 6.07) is 10.7. The molecule has 2 aliphatic rings. The summed E-state index contributed by atoms with van der Waals surface area (Å²) >= 11 is 0. The molecule has 22 heavy (non-hydrogen) atoms. The van der Waals surface area contributed by atoms with Gasteiger partial charge in [-0.05, 0) is 60.4 Å². The van der Waals surface area contributed by atoms with Gasteiger partial charge in [-0.15, -0.1) is 0 Å². The fourth-order valence-corrected chi connectivity index (χ4v) is 4.00. The van der Waals surface area contributed by atoms with Gasteiger partial charge in [-0.3, -0.25) is 4.79 Å². The van der Waals surface area contributed by atoms with Crippen molar-refractivity contribution in [2.24, 2.45) is 5.92 Å². The minimum Gasteiger partial charge on any atom is -0.507 e. The second-order valence-electron chi connectivity index (χ2n) is 6.67. The number of aromatic hydroxyl groups is 1. The molecule has 0 radical (unpaired) electrons. The Balaban J connectivity index is 1.79. The van der Waals surface area contributed by atoms with Crippen molar-refractivity contribution in [3.63, 3.8) is 0 Å². The summed E-state index contributed by atoms with van der Waals surface area (Å²) in [6.45, 7) is 1.67. The van der Waals surface area contributed by atoms with Crippen molar-refractivity contribution in [1.29, 1.82) is 0 Å². The summed E-state index contributed by atoms with van der Waals surface area (Å²) < 4.78 is 0. The second kappa shape index (κ2) is 4.98. The Morgan fingerprint density at radius 1 is 1.05 bits per heavy atom. The fraction of sp³-hybridized carbons (Fsp3) is 0.350. The standard InChI is InChI=1S/C20H20O2/c1-12(21)13-6-7-16-9-17-8-14-4-2-3-5-15(14)11-19(17)20(22)18(16)10-13/h2-5,9,13,22H,6-8,10-11H2,1H3. The van der Waals surface area contributed by atoms with Crippen molar-refractivity contribution in [3.8, 4) is 5.75 Å². The van der Waals surface area contributed by atoms with E-state index >= 15 is 0 Å². The van der Waals surface area contributed by atoms with E-state index in [1.54, 1.807) is 6.92 Å². The van der Waals surface area contributed by atoms with E-state index in [1.807, 2.05) is 0 Å². The Morgan fingerprint density at radius 2 is 1.77 bits per heavy atom. The third-order valence-corrected chi connectivity index (χ3v) is 5.35. The van der Waals surface area contributed by atoms with E-state index in [9.17, 15) is 9.90 Å². The van der Waals surface area contributed by atoms with Crippen LogP contribution in [0.25, 0.3) is 0 Å². The quantitative estimate of drug-likeness (QED) is 0.744. The van der Waals surface area contributed by atoms with Crippen molar-refractivity contribution in [2.75, 3.05) is 0 Å². The summed E-state index contributed by atoms with van der Waals surface area (Å²) in [5, 5.41) is 10.8. The molecule has 1 N–H and O–H groups in total. The summed E-state index contributed by atoms with van der Waals surface area (Å²) in [5.74, 6) is 0.772. The molecule has 2 aliphatic carbocycles. The average Bonchev–Trinajstić information content (AvgIpc) is 2.53. The molecule has 2 aromatic rings. The monoisotopic (exact) mass is 292 g/mol. The molecule has 0 saturated carbocycles. The van der Waals surface area contributed by atoms with E-state index in [0.29, 0.717) is 12.2 Å². The topological polar surface area (TPSA) is 37.3 Å². The van der Waals surface area contributed by atoms with E-state index in [4.69, 9.17) is 0 Å². The molecule has 4 rings (SSSR count). The average molecular weight is 292 g/mol. The smallest absolute Gasteiger partial charge is 0.133 e. The maximum Gasteiger partial charge on any atom is 0.133 e. The molecular weight excluding hydrogens is 272 g/mol. The Kier molecular flexibility index (Phi) is 3.07. The van der Waals surface area contributed by atoms with Gasteiger partial charge in [0, 0.05) is 17.9 Å². The molecule has 0 fully saturated rings. The number of benzene rings is 2. The molecule has 2 nitrogen and oxygen atoms in total. The number of rotatable bonds is 1. The van der Waals surface area contributed by atoms with Crippen molar-refractivity contribution in [2.45, 2.75) is 39.0 Å². The normalized spacial score (nSPS) is 19.0. The molecule has 1 atom stereocenters. The number of phenols is 1. The zero-order valence-electron chi connectivity index (χ0n) is 12.9. The maximum absolute atomic E-state index is 11.7. The SMILES string of the molecule is CC(=O)C1CCc2cc3c(c(O)c2C1)Cc1ccccc1C3. The van der Waals surface area contributed by atoms with Crippen LogP contribution in [0, 0.1) is 5.92 Å². The van der Waals surface area contributed by atoms with Gasteiger partial charge in [-0.25, -0.2) is 0 Å². The Morgan fingerprint density at radius 3 is 2.50 bits per heavy atom. The van der Waals surface area contributed by atoms with E-state index in [2.05, 4.69) is 30.3 Å².